The Bertz CT molecular complexity index is 917. The van der Waals surface area contributed by atoms with Crippen molar-refractivity contribution in [3.05, 3.63) is 60.3 Å². The van der Waals surface area contributed by atoms with Gasteiger partial charge >= 0.3 is 6.03 Å². The van der Waals surface area contributed by atoms with Crippen molar-refractivity contribution in [2.75, 3.05) is 17.7 Å². The molecule has 4 N–H and O–H groups in total. The third kappa shape index (κ3) is 4.42. The number of hydrogen-bond donors (Lipinski definition) is 4. The number of aromatic amines is 1. The Morgan fingerprint density at radius 1 is 1.00 bits per heavy atom. The molecule has 2 aromatic carbocycles. The first-order valence-electron chi connectivity index (χ1n) is 8.59. The van der Waals surface area contributed by atoms with E-state index in [2.05, 4.69) is 27.0 Å². The number of benzene rings is 2. The molecule has 3 aromatic rings. The summed E-state index contributed by atoms with van der Waals surface area (Å²) in [6.07, 6.45) is 4.06. The number of urea groups is 1. The van der Waals surface area contributed by atoms with Crippen molar-refractivity contribution < 1.29 is 9.59 Å². The van der Waals surface area contributed by atoms with Gasteiger partial charge in [0.15, 0.2) is 0 Å². The summed E-state index contributed by atoms with van der Waals surface area (Å²) in [4.78, 5) is 26.8. The largest absolute Gasteiger partial charge is 0.361 e. The van der Waals surface area contributed by atoms with Crippen molar-refractivity contribution in [3.8, 4) is 0 Å². The van der Waals surface area contributed by atoms with Crippen LogP contribution in [0.1, 0.15) is 18.4 Å². The van der Waals surface area contributed by atoms with E-state index in [4.69, 9.17) is 0 Å². The van der Waals surface area contributed by atoms with Gasteiger partial charge < -0.3 is 20.9 Å². The van der Waals surface area contributed by atoms with Gasteiger partial charge in [-0.1, -0.05) is 24.3 Å². The van der Waals surface area contributed by atoms with Crippen LogP contribution in [0.15, 0.2) is 54.7 Å². The second-order valence-electron chi connectivity index (χ2n) is 6.05. The average molecular weight is 350 g/mol. The first-order valence-corrected chi connectivity index (χ1v) is 8.59. The molecular formula is C20H22N4O2. The summed E-state index contributed by atoms with van der Waals surface area (Å²) in [6, 6.07) is 14.9. The highest BCUT2D eigenvalue weighted by atomic mass is 16.2. The summed E-state index contributed by atoms with van der Waals surface area (Å²) < 4.78 is 0. The summed E-state index contributed by atoms with van der Waals surface area (Å²) in [5, 5.41) is 9.25. The molecule has 26 heavy (non-hydrogen) atoms. The van der Waals surface area contributed by atoms with Crippen LogP contribution in [0, 0.1) is 0 Å². The van der Waals surface area contributed by atoms with E-state index in [0.29, 0.717) is 17.8 Å². The molecule has 0 saturated heterocycles. The Hall–Kier alpha value is -3.28. The first kappa shape index (κ1) is 17.5. The van der Waals surface area contributed by atoms with Crippen LogP contribution in [0.4, 0.5) is 16.2 Å². The number of fused-ring (bicyclic) bond motifs is 1. The molecule has 3 amide bonds. The van der Waals surface area contributed by atoms with E-state index in [-0.39, 0.29) is 11.9 Å². The lowest BCUT2D eigenvalue weighted by Crippen LogP contribution is -2.24. The molecule has 0 unspecified atom stereocenters. The number of nitrogens with one attached hydrogen (secondary N) is 4. The van der Waals surface area contributed by atoms with E-state index < -0.39 is 0 Å². The van der Waals surface area contributed by atoms with E-state index in [1.807, 2.05) is 24.4 Å². The highest BCUT2D eigenvalue weighted by molar-refractivity contribution is 5.93. The summed E-state index contributed by atoms with van der Waals surface area (Å²) in [6.45, 7) is 0. The number of para-hydroxylation sites is 1. The van der Waals surface area contributed by atoms with Gasteiger partial charge in [0, 0.05) is 41.9 Å². The van der Waals surface area contributed by atoms with Crippen molar-refractivity contribution in [3.63, 3.8) is 0 Å². The molecule has 1 aromatic heterocycles. The minimum atomic E-state index is -0.299. The number of carbonyl (C=O) groups is 2. The number of rotatable bonds is 6. The molecule has 6 heteroatoms. The lowest BCUT2D eigenvalue weighted by molar-refractivity contribution is -0.116. The molecule has 0 spiro atoms. The molecule has 0 aliphatic heterocycles. The number of aromatic nitrogens is 1. The zero-order chi connectivity index (χ0) is 18.4. The molecule has 1 heterocycles. The molecule has 0 aliphatic rings. The number of anilines is 2. The van der Waals surface area contributed by atoms with Gasteiger partial charge in [0.05, 0.1) is 0 Å². The average Bonchev–Trinajstić information content (AvgIpc) is 3.05. The smallest absolute Gasteiger partial charge is 0.318 e. The molecule has 0 radical (unpaired) electrons. The fraction of sp³-hybridized carbons (Fsp3) is 0.200. The lowest BCUT2D eigenvalue weighted by Gasteiger charge is -2.08. The maximum Gasteiger partial charge on any atom is 0.318 e. The maximum atomic E-state index is 12.2. The maximum absolute atomic E-state index is 12.2. The zero-order valence-corrected chi connectivity index (χ0v) is 14.6. The van der Waals surface area contributed by atoms with Gasteiger partial charge in [-0.05, 0) is 42.7 Å². The van der Waals surface area contributed by atoms with Gasteiger partial charge in [0.2, 0.25) is 5.91 Å². The van der Waals surface area contributed by atoms with Crippen LogP contribution in [0.5, 0.6) is 0 Å². The van der Waals surface area contributed by atoms with Crippen LogP contribution in [0.3, 0.4) is 0 Å². The van der Waals surface area contributed by atoms with E-state index in [9.17, 15) is 9.59 Å². The second-order valence-corrected chi connectivity index (χ2v) is 6.05. The Balaban J connectivity index is 1.51. The Labute approximate surface area is 152 Å². The van der Waals surface area contributed by atoms with Crippen molar-refractivity contribution in [1.29, 1.82) is 0 Å². The van der Waals surface area contributed by atoms with Crippen LogP contribution in [0.2, 0.25) is 0 Å². The van der Waals surface area contributed by atoms with Gasteiger partial charge in [-0.15, -0.1) is 0 Å². The van der Waals surface area contributed by atoms with Gasteiger partial charge in [0.1, 0.15) is 0 Å². The molecule has 0 atom stereocenters. The number of hydrogen-bond acceptors (Lipinski definition) is 2. The monoisotopic (exact) mass is 350 g/mol. The molecule has 3 rings (SSSR count). The van der Waals surface area contributed by atoms with Crippen molar-refractivity contribution in [1.82, 2.24) is 10.3 Å². The fourth-order valence-electron chi connectivity index (χ4n) is 2.87. The summed E-state index contributed by atoms with van der Waals surface area (Å²) in [5.74, 6) is -0.0399. The number of aryl methyl sites for hydroxylation is 1. The van der Waals surface area contributed by atoms with Crippen molar-refractivity contribution in [2.24, 2.45) is 0 Å². The van der Waals surface area contributed by atoms with Crippen LogP contribution in [-0.2, 0) is 11.2 Å². The van der Waals surface area contributed by atoms with Gasteiger partial charge in [-0.25, -0.2) is 4.79 Å². The second kappa shape index (κ2) is 8.20. The van der Waals surface area contributed by atoms with E-state index in [1.54, 1.807) is 31.3 Å². The predicted molar refractivity (Wildman–Crippen MR) is 104 cm³/mol. The topological polar surface area (TPSA) is 86.0 Å². The highest BCUT2D eigenvalue weighted by Gasteiger charge is 2.07. The standard InChI is InChI=1S/C20H22N4O2/c1-21-20(26)24-16-8-5-7-15(12-16)23-19(25)11-4-6-14-13-22-18-10-3-2-9-17(14)18/h2-3,5,7-10,12-13,22H,4,6,11H2,1H3,(H,23,25)(H2,21,24,26). The van der Waals surface area contributed by atoms with E-state index >= 15 is 0 Å². The third-order valence-corrected chi connectivity index (χ3v) is 4.16. The first-order chi connectivity index (χ1) is 12.7. The fourth-order valence-corrected chi connectivity index (χ4v) is 2.87. The highest BCUT2D eigenvalue weighted by Crippen LogP contribution is 2.20. The van der Waals surface area contributed by atoms with Gasteiger partial charge in [0.25, 0.3) is 0 Å². The molecule has 0 aliphatic carbocycles. The minimum absolute atomic E-state index is 0.0399. The summed E-state index contributed by atoms with van der Waals surface area (Å²) in [7, 11) is 1.55. The molecule has 134 valence electrons. The third-order valence-electron chi connectivity index (χ3n) is 4.16. The van der Waals surface area contributed by atoms with E-state index in [0.717, 1.165) is 18.4 Å². The summed E-state index contributed by atoms with van der Waals surface area (Å²) >= 11 is 0. The van der Waals surface area contributed by atoms with Crippen molar-refractivity contribution in [2.45, 2.75) is 19.3 Å². The number of carbonyl (C=O) groups excluding carboxylic acids is 2. The van der Waals surface area contributed by atoms with Crippen LogP contribution < -0.4 is 16.0 Å². The Morgan fingerprint density at radius 3 is 2.58 bits per heavy atom. The van der Waals surface area contributed by atoms with E-state index in [1.165, 1.54) is 10.9 Å². The molecule has 6 nitrogen and oxygen atoms in total. The normalized spacial score (nSPS) is 10.5. The molecule has 0 bridgehead atoms. The quantitative estimate of drug-likeness (QED) is 0.544. The molecular weight excluding hydrogens is 328 g/mol. The number of H-pyrrole nitrogens is 1. The SMILES string of the molecule is CNC(=O)Nc1cccc(NC(=O)CCCc2c[nH]c3ccccc23)c1. The lowest BCUT2D eigenvalue weighted by atomic mass is 10.1. The molecule has 0 saturated carbocycles. The van der Waals surface area contributed by atoms with Crippen LogP contribution in [-0.4, -0.2) is 24.0 Å². The minimum Gasteiger partial charge on any atom is -0.361 e. The zero-order valence-electron chi connectivity index (χ0n) is 14.6. The van der Waals surface area contributed by atoms with Crippen LogP contribution >= 0.6 is 0 Å². The Morgan fingerprint density at radius 2 is 1.77 bits per heavy atom. The predicted octanol–water partition coefficient (Wildman–Crippen LogP) is 3.88. The number of amides is 3. The van der Waals surface area contributed by atoms with Gasteiger partial charge in [-0.2, -0.15) is 0 Å². The van der Waals surface area contributed by atoms with Crippen LogP contribution in [0.25, 0.3) is 10.9 Å². The Kier molecular flexibility index (Phi) is 5.53. The summed E-state index contributed by atoms with van der Waals surface area (Å²) in [5.41, 5.74) is 3.63. The van der Waals surface area contributed by atoms with Crippen molar-refractivity contribution >= 4 is 34.2 Å². The molecule has 0 fully saturated rings. The van der Waals surface area contributed by atoms with Gasteiger partial charge in [-0.3, -0.25) is 4.79 Å².